The highest BCUT2D eigenvalue weighted by Crippen LogP contribution is 2.48. The molecule has 2 rings (SSSR count). The lowest BCUT2D eigenvalue weighted by atomic mass is 9.98. The summed E-state index contributed by atoms with van der Waals surface area (Å²) in [6.07, 6.45) is 5.47. The van der Waals surface area contributed by atoms with Crippen molar-refractivity contribution in [1.82, 2.24) is 5.32 Å². The van der Waals surface area contributed by atoms with Crippen molar-refractivity contribution < 1.29 is 4.79 Å². The molecule has 0 radical (unpaired) electrons. The first-order valence-corrected chi connectivity index (χ1v) is 6.04. The molecule has 0 bridgehead atoms. The number of amides is 1. The van der Waals surface area contributed by atoms with Crippen molar-refractivity contribution in [3.63, 3.8) is 0 Å². The van der Waals surface area contributed by atoms with Crippen molar-refractivity contribution in [2.45, 2.75) is 38.0 Å². The van der Waals surface area contributed by atoms with Crippen LogP contribution >= 0.6 is 11.6 Å². The highest BCUT2D eigenvalue weighted by Gasteiger charge is 2.41. The SMILES string of the molecule is CC(Cl)C(=O)NCC(C1CC1)C1CC1. The van der Waals surface area contributed by atoms with Crippen LogP contribution in [0.15, 0.2) is 0 Å². The zero-order valence-electron chi connectivity index (χ0n) is 8.63. The van der Waals surface area contributed by atoms with E-state index in [2.05, 4.69) is 5.32 Å². The molecule has 2 saturated carbocycles. The molecule has 14 heavy (non-hydrogen) atoms. The molecule has 1 amide bonds. The minimum atomic E-state index is -0.394. The van der Waals surface area contributed by atoms with E-state index < -0.39 is 5.38 Å². The molecule has 1 N–H and O–H groups in total. The number of halogens is 1. The van der Waals surface area contributed by atoms with Gasteiger partial charge in [0, 0.05) is 6.54 Å². The van der Waals surface area contributed by atoms with Gasteiger partial charge in [0.1, 0.15) is 5.38 Å². The summed E-state index contributed by atoms with van der Waals surface area (Å²) in [5.74, 6) is 2.52. The van der Waals surface area contributed by atoms with Crippen LogP contribution in [0.1, 0.15) is 32.6 Å². The lowest BCUT2D eigenvalue weighted by Gasteiger charge is -2.16. The van der Waals surface area contributed by atoms with Crippen LogP contribution in [-0.4, -0.2) is 17.8 Å². The Balaban J connectivity index is 1.74. The Morgan fingerprint density at radius 3 is 2.21 bits per heavy atom. The molecule has 0 aliphatic heterocycles. The standard InChI is InChI=1S/C11H18ClNO/c1-7(12)11(14)13-6-10(8-2-3-8)9-4-5-9/h7-10H,2-6H2,1H3,(H,13,14). The summed E-state index contributed by atoms with van der Waals surface area (Å²) in [5, 5.41) is 2.56. The topological polar surface area (TPSA) is 29.1 Å². The summed E-state index contributed by atoms with van der Waals surface area (Å²) in [7, 11) is 0. The molecule has 0 aromatic heterocycles. The normalized spacial score (nSPS) is 23.6. The second-order valence-electron chi connectivity index (χ2n) is 4.70. The highest BCUT2D eigenvalue weighted by atomic mass is 35.5. The van der Waals surface area contributed by atoms with Gasteiger partial charge < -0.3 is 5.32 Å². The lowest BCUT2D eigenvalue weighted by molar-refractivity contribution is -0.120. The molecular formula is C11H18ClNO. The van der Waals surface area contributed by atoms with Gasteiger partial charge in [0.2, 0.25) is 5.91 Å². The van der Waals surface area contributed by atoms with Crippen LogP contribution in [0.3, 0.4) is 0 Å². The molecule has 0 aromatic rings. The van der Waals surface area contributed by atoms with Crippen LogP contribution in [0.5, 0.6) is 0 Å². The molecule has 2 aliphatic carbocycles. The first kappa shape index (κ1) is 10.3. The van der Waals surface area contributed by atoms with Crippen LogP contribution in [0.2, 0.25) is 0 Å². The number of alkyl halides is 1. The number of rotatable bonds is 5. The van der Waals surface area contributed by atoms with Crippen LogP contribution in [-0.2, 0) is 4.79 Å². The van der Waals surface area contributed by atoms with Crippen LogP contribution in [0, 0.1) is 17.8 Å². The first-order chi connectivity index (χ1) is 6.68. The van der Waals surface area contributed by atoms with E-state index in [4.69, 9.17) is 11.6 Å². The molecule has 80 valence electrons. The average molecular weight is 216 g/mol. The fourth-order valence-electron chi connectivity index (χ4n) is 2.13. The molecule has 1 unspecified atom stereocenters. The summed E-state index contributed by atoms with van der Waals surface area (Å²) in [6.45, 7) is 2.57. The van der Waals surface area contributed by atoms with Crippen molar-refractivity contribution in [3.05, 3.63) is 0 Å². The Kier molecular flexibility index (Phi) is 3.01. The summed E-state index contributed by atoms with van der Waals surface area (Å²) in [4.78, 5) is 11.3. The summed E-state index contributed by atoms with van der Waals surface area (Å²) in [6, 6.07) is 0. The van der Waals surface area contributed by atoms with Gasteiger partial charge in [-0.1, -0.05) is 0 Å². The van der Waals surface area contributed by atoms with Crippen LogP contribution in [0.25, 0.3) is 0 Å². The molecule has 1 atom stereocenters. The van der Waals surface area contributed by atoms with Gasteiger partial charge in [0.15, 0.2) is 0 Å². The van der Waals surface area contributed by atoms with E-state index in [0.717, 1.165) is 24.3 Å². The van der Waals surface area contributed by atoms with Gasteiger partial charge in [-0.3, -0.25) is 4.79 Å². The number of hydrogen-bond donors (Lipinski definition) is 1. The van der Waals surface area contributed by atoms with E-state index >= 15 is 0 Å². The Morgan fingerprint density at radius 2 is 1.86 bits per heavy atom. The van der Waals surface area contributed by atoms with Gasteiger partial charge in [-0.05, 0) is 50.4 Å². The predicted molar refractivity (Wildman–Crippen MR) is 57.3 cm³/mol. The fourth-order valence-corrected chi connectivity index (χ4v) is 2.20. The number of hydrogen-bond acceptors (Lipinski definition) is 1. The van der Waals surface area contributed by atoms with E-state index in [1.54, 1.807) is 6.92 Å². The van der Waals surface area contributed by atoms with Crippen molar-refractivity contribution in [3.8, 4) is 0 Å². The maximum absolute atomic E-state index is 11.3. The molecule has 0 spiro atoms. The van der Waals surface area contributed by atoms with Crippen molar-refractivity contribution >= 4 is 17.5 Å². The number of nitrogens with one attached hydrogen (secondary N) is 1. The Bertz CT molecular complexity index is 209. The van der Waals surface area contributed by atoms with Crippen molar-refractivity contribution in [2.24, 2.45) is 17.8 Å². The van der Waals surface area contributed by atoms with E-state index in [0.29, 0.717) is 0 Å². The maximum Gasteiger partial charge on any atom is 0.237 e. The van der Waals surface area contributed by atoms with E-state index in [1.807, 2.05) is 0 Å². The Morgan fingerprint density at radius 1 is 1.36 bits per heavy atom. The molecule has 0 aromatic carbocycles. The van der Waals surface area contributed by atoms with Gasteiger partial charge in [-0.15, -0.1) is 11.6 Å². The summed E-state index contributed by atoms with van der Waals surface area (Å²) in [5.41, 5.74) is 0. The average Bonchev–Trinajstić information content (AvgIpc) is 2.99. The largest absolute Gasteiger partial charge is 0.355 e. The monoisotopic (exact) mass is 215 g/mol. The molecular weight excluding hydrogens is 198 g/mol. The molecule has 2 fully saturated rings. The van der Waals surface area contributed by atoms with Gasteiger partial charge in [-0.2, -0.15) is 0 Å². The van der Waals surface area contributed by atoms with Crippen LogP contribution < -0.4 is 5.32 Å². The van der Waals surface area contributed by atoms with Gasteiger partial charge >= 0.3 is 0 Å². The smallest absolute Gasteiger partial charge is 0.237 e. The summed E-state index contributed by atoms with van der Waals surface area (Å²) < 4.78 is 0. The van der Waals surface area contributed by atoms with E-state index in [1.165, 1.54) is 25.7 Å². The zero-order valence-corrected chi connectivity index (χ0v) is 9.39. The molecule has 0 saturated heterocycles. The quantitative estimate of drug-likeness (QED) is 0.700. The Labute approximate surface area is 90.4 Å². The number of carbonyl (C=O) groups is 1. The Hall–Kier alpha value is -0.240. The third-order valence-corrected chi connectivity index (χ3v) is 3.53. The molecule has 0 heterocycles. The molecule has 2 aliphatic rings. The van der Waals surface area contributed by atoms with Gasteiger partial charge in [-0.25, -0.2) is 0 Å². The highest BCUT2D eigenvalue weighted by molar-refractivity contribution is 6.30. The lowest BCUT2D eigenvalue weighted by Crippen LogP contribution is -2.35. The minimum Gasteiger partial charge on any atom is -0.355 e. The van der Waals surface area contributed by atoms with Gasteiger partial charge in [0.05, 0.1) is 0 Å². The third-order valence-electron chi connectivity index (χ3n) is 3.33. The second-order valence-corrected chi connectivity index (χ2v) is 5.35. The zero-order chi connectivity index (χ0) is 10.1. The second kappa shape index (κ2) is 4.09. The maximum atomic E-state index is 11.3. The number of carbonyl (C=O) groups excluding carboxylic acids is 1. The van der Waals surface area contributed by atoms with Gasteiger partial charge in [0.25, 0.3) is 0 Å². The van der Waals surface area contributed by atoms with Crippen molar-refractivity contribution in [1.29, 1.82) is 0 Å². The van der Waals surface area contributed by atoms with Crippen molar-refractivity contribution in [2.75, 3.05) is 6.54 Å². The predicted octanol–water partition coefficient (Wildman–Crippen LogP) is 2.17. The van der Waals surface area contributed by atoms with E-state index in [9.17, 15) is 4.79 Å². The third kappa shape index (κ3) is 2.63. The molecule has 2 nitrogen and oxygen atoms in total. The fraction of sp³-hybridized carbons (Fsp3) is 0.909. The summed E-state index contributed by atoms with van der Waals surface area (Å²) >= 11 is 5.69. The van der Waals surface area contributed by atoms with Crippen LogP contribution in [0.4, 0.5) is 0 Å². The minimum absolute atomic E-state index is 0.0158. The van der Waals surface area contributed by atoms with E-state index in [-0.39, 0.29) is 5.91 Å². The molecule has 3 heteroatoms. The first-order valence-electron chi connectivity index (χ1n) is 5.60.